The maximum atomic E-state index is 13.5. The first-order valence-corrected chi connectivity index (χ1v) is 10.2. The van der Waals surface area contributed by atoms with Gasteiger partial charge in [-0.15, -0.1) is 0 Å². The Morgan fingerprint density at radius 1 is 1.14 bits per heavy atom. The number of Topliss-reactive ketones (excluding diaryl/α,β-unsaturated/α-hetero) is 1. The molecule has 0 bridgehead atoms. The highest BCUT2D eigenvalue weighted by atomic mass is 19.4. The Labute approximate surface area is 196 Å². The number of nitrogens with one attached hydrogen (secondary N) is 1. The first kappa shape index (κ1) is 24.0. The van der Waals surface area contributed by atoms with Crippen molar-refractivity contribution in [3.63, 3.8) is 0 Å². The van der Waals surface area contributed by atoms with Crippen LogP contribution in [0, 0.1) is 10.1 Å². The number of carbonyl (C=O) groups excluding carboxylic acids is 1. The van der Waals surface area contributed by atoms with Crippen LogP contribution in [-0.4, -0.2) is 24.9 Å². The van der Waals surface area contributed by atoms with Crippen molar-refractivity contribution in [2.75, 3.05) is 14.2 Å². The van der Waals surface area contributed by atoms with Gasteiger partial charge in [0.2, 0.25) is 5.78 Å². The number of nitro groups is 1. The molecule has 3 aromatic carbocycles. The van der Waals surface area contributed by atoms with E-state index in [9.17, 15) is 32.5 Å². The van der Waals surface area contributed by atoms with Crippen molar-refractivity contribution in [2.24, 2.45) is 0 Å². The smallest absolute Gasteiger partial charge is 0.416 e. The third-order valence-electron chi connectivity index (χ3n) is 5.64. The number of ether oxygens (including phenoxy) is 2. The lowest BCUT2D eigenvalue weighted by molar-refractivity contribution is -0.383. The van der Waals surface area contributed by atoms with E-state index < -0.39 is 35.2 Å². The van der Waals surface area contributed by atoms with Gasteiger partial charge in [0, 0.05) is 18.7 Å². The average Bonchev–Trinajstić information content (AvgIpc) is 3.17. The summed E-state index contributed by atoms with van der Waals surface area (Å²) in [4.78, 5) is 24.5. The van der Waals surface area contributed by atoms with Crippen LogP contribution >= 0.6 is 0 Å². The Bertz CT molecular complexity index is 1380. The number of nitro benzene ring substituents is 1. The fourth-order valence-electron chi connectivity index (χ4n) is 4.05. The molecule has 0 saturated heterocycles. The van der Waals surface area contributed by atoms with E-state index in [-0.39, 0.29) is 50.4 Å². The Balaban J connectivity index is 1.90. The molecule has 0 amide bonds. The lowest BCUT2D eigenvalue weighted by atomic mass is 9.91. The summed E-state index contributed by atoms with van der Waals surface area (Å²) in [6.45, 7) is -0.989. The van der Waals surface area contributed by atoms with Gasteiger partial charge in [-0.25, -0.2) is 4.39 Å². The van der Waals surface area contributed by atoms with E-state index in [1.54, 1.807) is 0 Å². The second-order valence-corrected chi connectivity index (χ2v) is 7.71. The lowest BCUT2D eigenvalue weighted by Crippen LogP contribution is -2.12. The van der Waals surface area contributed by atoms with Crippen LogP contribution in [0.25, 0.3) is 16.3 Å². The number of non-ortho nitro benzene ring substituents is 1. The maximum absolute atomic E-state index is 13.5. The summed E-state index contributed by atoms with van der Waals surface area (Å²) in [6, 6.07) is 9.53. The quantitative estimate of drug-likeness (QED) is 0.280. The Morgan fingerprint density at radius 2 is 1.89 bits per heavy atom. The van der Waals surface area contributed by atoms with Crippen LogP contribution < -0.4 is 10.1 Å². The number of carbonyl (C=O) groups is 1. The summed E-state index contributed by atoms with van der Waals surface area (Å²) < 4.78 is 64.3. The van der Waals surface area contributed by atoms with E-state index in [2.05, 4.69) is 5.32 Å². The normalized spacial score (nSPS) is 15.9. The van der Waals surface area contributed by atoms with Gasteiger partial charge in [-0.05, 0) is 46.8 Å². The second kappa shape index (κ2) is 8.90. The summed E-state index contributed by atoms with van der Waals surface area (Å²) in [6.07, 6.45) is -5.99. The van der Waals surface area contributed by atoms with Gasteiger partial charge >= 0.3 is 6.18 Å². The predicted molar refractivity (Wildman–Crippen MR) is 118 cm³/mol. The summed E-state index contributed by atoms with van der Waals surface area (Å²) in [5.74, 6) is -0.554. The van der Waals surface area contributed by atoms with Crippen molar-refractivity contribution >= 4 is 27.8 Å². The standard InChI is InChI=1S/C24H18F4N2O5/c1-29-23-20(13-4-3-5-14(8-13)24(26,27)28)21(31)22(35-23)18-10-15(34-2)9-17-16(18)6-12(11-25)7-19(17)30(32)33/h3-10,22,29H,11H2,1-2H3. The van der Waals surface area contributed by atoms with Crippen LogP contribution in [0.2, 0.25) is 0 Å². The van der Waals surface area contributed by atoms with Crippen molar-refractivity contribution in [3.05, 3.63) is 86.8 Å². The highest BCUT2D eigenvalue weighted by Gasteiger charge is 2.39. The molecule has 1 atom stereocenters. The zero-order valence-electron chi connectivity index (χ0n) is 18.4. The number of methoxy groups -OCH3 is 1. The largest absolute Gasteiger partial charge is 0.497 e. The fraction of sp³-hybridized carbons (Fsp3) is 0.208. The Hall–Kier alpha value is -4.15. The third-order valence-corrected chi connectivity index (χ3v) is 5.64. The van der Waals surface area contributed by atoms with E-state index in [1.807, 2.05) is 0 Å². The number of hydrogen-bond donors (Lipinski definition) is 1. The van der Waals surface area contributed by atoms with Crippen molar-refractivity contribution < 1.29 is 36.8 Å². The monoisotopic (exact) mass is 490 g/mol. The van der Waals surface area contributed by atoms with E-state index in [4.69, 9.17) is 9.47 Å². The molecule has 1 aliphatic heterocycles. The van der Waals surface area contributed by atoms with Gasteiger partial charge < -0.3 is 14.8 Å². The molecule has 0 aliphatic carbocycles. The number of ketones is 1. The number of hydrogen-bond acceptors (Lipinski definition) is 6. The Morgan fingerprint density at radius 3 is 2.49 bits per heavy atom. The van der Waals surface area contributed by atoms with Crippen LogP contribution in [0.3, 0.4) is 0 Å². The first-order chi connectivity index (χ1) is 16.6. The predicted octanol–water partition coefficient (Wildman–Crippen LogP) is 5.47. The van der Waals surface area contributed by atoms with Crippen molar-refractivity contribution in [2.45, 2.75) is 19.0 Å². The topological polar surface area (TPSA) is 90.7 Å². The van der Waals surface area contributed by atoms with Crippen molar-refractivity contribution in [1.82, 2.24) is 5.32 Å². The minimum Gasteiger partial charge on any atom is -0.497 e. The molecule has 4 rings (SSSR count). The van der Waals surface area contributed by atoms with Gasteiger partial charge in [0.15, 0.2) is 12.0 Å². The van der Waals surface area contributed by atoms with E-state index in [0.717, 1.165) is 18.2 Å². The molecule has 0 spiro atoms. The average molecular weight is 490 g/mol. The molecule has 182 valence electrons. The molecule has 35 heavy (non-hydrogen) atoms. The van der Waals surface area contributed by atoms with Crippen LogP contribution in [-0.2, 0) is 22.4 Å². The van der Waals surface area contributed by atoms with Crippen LogP contribution in [0.4, 0.5) is 23.2 Å². The number of benzene rings is 3. The number of fused-ring (bicyclic) bond motifs is 1. The molecule has 11 heteroatoms. The number of nitrogens with zero attached hydrogens (tertiary/aromatic N) is 1. The molecule has 0 aromatic heterocycles. The molecule has 1 heterocycles. The SMILES string of the molecule is CNC1=C(c2cccc(C(F)(F)F)c2)C(=O)C(c2cc(OC)cc3c([N+](=O)[O-])cc(CF)cc23)O1. The molecule has 3 aromatic rings. The first-order valence-electron chi connectivity index (χ1n) is 10.2. The molecular weight excluding hydrogens is 472 g/mol. The highest BCUT2D eigenvalue weighted by Crippen LogP contribution is 2.43. The molecule has 1 N–H and O–H groups in total. The zero-order chi connectivity index (χ0) is 25.5. The molecule has 0 fully saturated rings. The zero-order valence-corrected chi connectivity index (χ0v) is 18.4. The van der Waals surface area contributed by atoms with Gasteiger partial charge in [-0.1, -0.05) is 12.1 Å². The number of halogens is 4. The molecule has 7 nitrogen and oxygen atoms in total. The maximum Gasteiger partial charge on any atom is 0.416 e. The molecule has 0 radical (unpaired) electrons. The van der Waals surface area contributed by atoms with Crippen molar-refractivity contribution in [1.29, 1.82) is 0 Å². The number of rotatable bonds is 6. The molecule has 0 saturated carbocycles. The van der Waals surface area contributed by atoms with E-state index >= 15 is 0 Å². The van der Waals surface area contributed by atoms with Crippen LogP contribution in [0.15, 0.2) is 54.4 Å². The molecule has 1 unspecified atom stereocenters. The van der Waals surface area contributed by atoms with Crippen LogP contribution in [0.1, 0.15) is 28.4 Å². The van der Waals surface area contributed by atoms with E-state index in [1.165, 1.54) is 44.5 Å². The highest BCUT2D eigenvalue weighted by molar-refractivity contribution is 6.25. The van der Waals surface area contributed by atoms with Gasteiger partial charge in [0.1, 0.15) is 12.4 Å². The summed E-state index contributed by atoms with van der Waals surface area (Å²) >= 11 is 0. The van der Waals surface area contributed by atoms with Gasteiger partial charge in [-0.2, -0.15) is 13.2 Å². The van der Waals surface area contributed by atoms with Gasteiger partial charge in [-0.3, -0.25) is 14.9 Å². The minimum atomic E-state index is -4.62. The molecular formula is C24H18F4N2O5. The minimum absolute atomic E-state index is 0.0145. The molecule has 1 aliphatic rings. The lowest BCUT2D eigenvalue weighted by Gasteiger charge is -2.16. The fourth-order valence-corrected chi connectivity index (χ4v) is 4.05. The van der Waals surface area contributed by atoms with Gasteiger partial charge in [0.05, 0.1) is 28.6 Å². The Kier molecular flexibility index (Phi) is 6.10. The summed E-state index contributed by atoms with van der Waals surface area (Å²) in [5.41, 5.74) is -1.29. The van der Waals surface area contributed by atoms with Gasteiger partial charge in [0.25, 0.3) is 5.69 Å². The van der Waals surface area contributed by atoms with E-state index in [0.29, 0.717) is 0 Å². The second-order valence-electron chi connectivity index (χ2n) is 7.71. The van der Waals surface area contributed by atoms with Crippen LogP contribution in [0.5, 0.6) is 5.75 Å². The number of alkyl halides is 4. The summed E-state index contributed by atoms with van der Waals surface area (Å²) in [7, 11) is 2.77. The van der Waals surface area contributed by atoms with Crippen molar-refractivity contribution in [3.8, 4) is 5.75 Å². The summed E-state index contributed by atoms with van der Waals surface area (Å²) in [5, 5.41) is 14.6. The third kappa shape index (κ3) is 4.25.